The molecule has 1 N–H and O–H groups in total. The van der Waals surface area contributed by atoms with E-state index in [1.165, 1.54) is 12.8 Å². The van der Waals surface area contributed by atoms with Crippen molar-refractivity contribution < 1.29 is 4.74 Å². The lowest BCUT2D eigenvalue weighted by atomic mass is 10.0. The second-order valence-corrected chi connectivity index (χ2v) is 7.50. The molecule has 2 heterocycles. The topological polar surface area (TPSA) is 47.0 Å². The van der Waals surface area contributed by atoms with E-state index in [0.717, 1.165) is 46.9 Å². The van der Waals surface area contributed by atoms with Crippen molar-refractivity contribution in [2.45, 2.75) is 53.1 Å². The van der Waals surface area contributed by atoms with Crippen molar-refractivity contribution in [1.29, 1.82) is 0 Å². The summed E-state index contributed by atoms with van der Waals surface area (Å²) in [4.78, 5) is 9.18. The third-order valence-corrected chi connectivity index (χ3v) is 5.36. The van der Waals surface area contributed by atoms with Crippen LogP contribution in [0.2, 0.25) is 0 Å². The standard InChI is InChI=1S/C21H27N3OS.C2H6/c1-4-15(2)9-10-16(12-22-3)25-21-11-19(20-13-26-14-23-20)24-18-8-6-5-7-17(18)21;1-2/h5-8,11,13-16,22H,4,9-10,12H2,1-3H3;1-2H3. The number of thiazole rings is 1. The minimum Gasteiger partial charge on any atom is -0.488 e. The van der Waals surface area contributed by atoms with Gasteiger partial charge in [0.05, 0.1) is 22.4 Å². The average molecular weight is 400 g/mol. The second kappa shape index (κ2) is 11.8. The molecule has 3 rings (SSSR count). The zero-order chi connectivity index (χ0) is 20.4. The van der Waals surface area contributed by atoms with Gasteiger partial charge in [-0.2, -0.15) is 0 Å². The number of likely N-dealkylation sites (N-methyl/N-ethyl adjacent to an activating group) is 1. The summed E-state index contributed by atoms with van der Waals surface area (Å²) in [5, 5.41) is 6.34. The van der Waals surface area contributed by atoms with Crippen LogP contribution in [0.3, 0.4) is 0 Å². The first-order valence-corrected chi connectivity index (χ1v) is 11.2. The molecule has 0 aliphatic rings. The van der Waals surface area contributed by atoms with Crippen LogP contribution < -0.4 is 10.1 Å². The molecule has 0 spiro atoms. The normalized spacial score (nSPS) is 12.9. The monoisotopic (exact) mass is 399 g/mol. The number of benzene rings is 1. The van der Waals surface area contributed by atoms with E-state index in [0.29, 0.717) is 0 Å². The fraction of sp³-hybridized carbons (Fsp3) is 0.478. The van der Waals surface area contributed by atoms with Gasteiger partial charge in [-0.25, -0.2) is 9.97 Å². The summed E-state index contributed by atoms with van der Waals surface area (Å²) in [5.74, 6) is 1.61. The Balaban J connectivity index is 0.00000136. The van der Waals surface area contributed by atoms with Gasteiger partial charge in [0, 0.05) is 23.4 Å². The highest BCUT2D eigenvalue weighted by Crippen LogP contribution is 2.31. The largest absolute Gasteiger partial charge is 0.488 e. The molecule has 2 unspecified atom stereocenters. The number of hydrogen-bond acceptors (Lipinski definition) is 5. The van der Waals surface area contributed by atoms with Crippen LogP contribution in [0.4, 0.5) is 0 Å². The van der Waals surface area contributed by atoms with Crippen LogP contribution >= 0.6 is 11.3 Å². The van der Waals surface area contributed by atoms with E-state index in [1.807, 2.05) is 56.1 Å². The molecule has 1 aromatic carbocycles. The minimum atomic E-state index is 0.142. The SMILES string of the molecule is CC.CCC(C)CCC(CNC)Oc1cc(-c2cscn2)nc2ccccc12. The number of nitrogens with zero attached hydrogens (tertiary/aromatic N) is 2. The Hall–Kier alpha value is -1.98. The Morgan fingerprint density at radius 3 is 2.61 bits per heavy atom. The lowest BCUT2D eigenvalue weighted by molar-refractivity contribution is 0.182. The van der Waals surface area contributed by atoms with Crippen LogP contribution in [0.15, 0.2) is 41.2 Å². The van der Waals surface area contributed by atoms with E-state index in [2.05, 4.69) is 30.2 Å². The third kappa shape index (κ3) is 6.01. The third-order valence-electron chi connectivity index (χ3n) is 4.78. The molecule has 0 saturated heterocycles. The number of pyridine rings is 1. The van der Waals surface area contributed by atoms with Crippen molar-refractivity contribution >= 4 is 22.2 Å². The molecule has 3 aromatic rings. The van der Waals surface area contributed by atoms with E-state index < -0.39 is 0 Å². The Morgan fingerprint density at radius 2 is 1.93 bits per heavy atom. The Morgan fingerprint density at radius 1 is 1.14 bits per heavy atom. The average Bonchev–Trinajstić information content (AvgIpc) is 3.28. The number of ether oxygens (including phenoxy) is 1. The van der Waals surface area contributed by atoms with Gasteiger partial charge in [-0.1, -0.05) is 46.2 Å². The molecule has 28 heavy (non-hydrogen) atoms. The van der Waals surface area contributed by atoms with E-state index in [-0.39, 0.29) is 6.10 Å². The Kier molecular flexibility index (Phi) is 9.38. The maximum Gasteiger partial charge on any atom is 0.131 e. The van der Waals surface area contributed by atoms with Crippen LogP contribution in [0.5, 0.6) is 5.75 Å². The fourth-order valence-electron chi connectivity index (χ4n) is 3.00. The highest BCUT2D eigenvalue weighted by atomic mass is 32.1. The smallest absolute Gasteiger partial charge is 0.131 e. The first-order chi connectivity index (χ1) is 13.7. The number of hydrogen-bond donors (Lipinski definition) is 1. The summed E-state index contributed by atoms with van der Waals surface area (Å²) in [6.45, 7) is 9.38. The number of para-hydroxylation sites is 1. The predicted molar refractivity (Wildman–Crippen MR) is 121 cm³/mol. The van der Waals surface area contributed by atoms with E-state index >= 15 is 0 Å². The van der Waals surface area contributed by atoms with Crippen LogP contribution in [0.1, 0.15) is 47.0 Å². The lowest BCUT2D eigenvalue weighted by Crippen LogP contribution is -2.29. The van der Waals surface area contributed by atoms with Gasteiger partial charge in [0.15, 0.2) is 0 Å². The van der Waals surface area contributed by atoms with E-state index in [1.54, 1.807) is 11.3 Å². The maximum atomic E-state index is 6.47. The van der Waals surface area contributed by atoms with Crippen molar-refractivity contribution in [3.05, 3.63) is 41.2 Å². The summed E-state index contributed by atoms with van der Waals surface area (Å²) in [6.07, 6.45) is 3.56. The Labute approximate surface area is 173 Å². The molecule has 152 valence electrons. The summed E-state index contributed by atoms with van der Waals surface area (Å²) in [5.41, 5.74) is 4.54. The van der Waals surface area contributed by atoms with Crippen LogP contribution in [0.25, 0.3) is 22.3 Å². The Bertz CT molecular complexity index is 820. The van der Waals surface area contributed by atoms with Crippen molar-refractivity contribution in [3.63, 3.8) is 0 Å². The fourth-order valence-corrected chi connectivity index (χ4v) is 3.54. The van der Waals surface area contributed by atoms with Crippen LogP contribution in [-0.4, -0.2) is 29.7 Å². The molecule has 2 atom stereocenters. The van der Waals surface area contributed by atoms with E-state index in [9.17, 15) is 0 Å². The van der Waals surface area contributed by atoms with Gasteiger partial charge < -0.3 is 10.1 Å². The zero-order valence-electron chi connectivity index (χ0n) is 17.7. The van der Waals surface area contributed by atoms with Gasteiger partial charge in [0.2, 0.25) is 0 Å². The lowest BCUT2D eigenvalue weighted by Gasteiger charge is -2.22. The molecule has 0 aliphatic heterocycles. The molecular formula is C23H33N3OS. The predicted octanol–water partition coefficient (Wildman–Crippen LogP) is 6.18. The minimum absolute atomic E-state index is 0.142. The molecule has 2 aromatic heterocycles. The van der Waals surface area contributed by atoms with Crippen molar-refractivity contribution in [2.24, 2.45) is 5.92 Å². The van der Waals surface area contributed by atoms with E-state index in [4.69, 9.17) is 9.72 Å². The first kappa shape index (κ1) is 22.3. The van der Waals surface area contributed by atoms with Gasteiger partial charge in [-0.15, -0.1) is 11.3 Å². The van der Waals surface area contributed by atoms with Gasteiger partial charge in [-0.3, -0.25) is 0 Å². The number of rotatable bonds is 9. The van der Waals surface area contributed by atoms with Gasteiger partial charge in [0.1, 0.15) is 11.9 Å². The number of nitrogens with one attached hydrogen (secondary N) is 1. The van der Waals surface area contributed by atoms with Gasteiger partial charge >= 0.3 is 0 Å². The number of fused-ring (bicyclic) bond motifs is 1. The zero-order valence-corrected chi connectivity index (χ0v) is 18.6. The highest BCUT2D eigenvalue weighted by molar-refractivity contribution is 7.07. The maximum absolute atomic E-state index is 6.47. The van der Waals surface area contributed by atoms with Crippen molar-refractivity contribution in [1.82, 2.24) is 15.3 Å². The molecule has 0 fully saturated rings. The molecule has 0 saturated carbocycles. The molecule has 5 heteroatoms. The summed E-state index contributed by atoms with van der Waals surface area (Å²) < 4.78 is 6.47. The summed E-state index contributed by atoms with van der Waals surface area (Å²) >= 11 is 1.58. The van der Waals surface area contributed by atoms with Crippen LogP contribution in [-0.2, 0) is 0 Å². The van der Waals surface area contributed by atoms with Gasteiger partial charge in [-0.05, 0) is 37.9 Å². The molecule has 0 amide bonds. The summed E-state index contributed by atoms with van der Waals surface area (Å²) in [6, 6.07) is 10.2. The molecule has 0 radical (unpaired) electrons. The molecular weight excluding hydrogens is 366 g/mol. The van der Waals surface area contributed by atoms with Crippen molar-refractivity contribution in [3.8, 4) is 17.1 Å². The van der Waals surface area contributed by atoms with Crippen LogP contribution in [0, 0.1) is 5.92 Å². The highest BCUT2D eigenvalue weighted by Gasteiger charge is 2.16. The second-order valence-electron chi connectivity index (χ2n) is 6.78. The molecule has 0 aliphatic carbocycles. The van der Waals surface area contributed by atoms with Crippen molar-refractivity contribution in [2.75, 3.05) is 13.6 Å². The quantitative estimate of drug-likeness (QED) is 0.467. The molecule has 4 nitrogen and oxygen atoms in total. The number of aromatic nitrogens is 2. The molecule has 0 bridgehead atoms. The summed E-state index contributed by atoms with van der Waals surface area (Å²) in [7, 11) is 1.98. The van der Waals surface area contributed by atoms with Gasteiger partial charge in [0.25, 0.3) is 0 Å². The first-order valence-electron chi connectivity index (χ1n) is 10.3.